The summed E-state index contributed by atoms with van der Waals surface area (Å²) in [5.74, 6) is 0.836. The summed E-state index contributed by atoms with van der Waals surface area (Å²) in [6.45, 7) is 1.02. The number of hydrogen-bond donors (Lipinski definition) is 2. The summed E-state index contributed by atoms with van der Waals surface area (Å²) in [6.07, 6.45) is 2.30. The van der Waals surface area contributed by atoms with Gasteiger partial charge in [0.05, 0.1) is 24.7 Å². The molecule has 0 saturated carbocycles. The topological polar surface area (TPSA) is 62.4 Å². The molecule has 2 atom stereocenters. The number of nitrogens with zero attached hydrogens (tertiary/aromatic N) is 2. The van der Waals surface area contributed by atoms with Gasteiger partial charge < -0.3 is 15.7 Å². The molecule has 0 spiro atoms. The quantitative estimate of drug-likeness (QED) is 0.832. The van der Waals surface area contributed by atoms with Crippen molar-refractivity contribution >= 4 is 11.5 Å². The molecule has 0 unspecified atom stereocenters. The molecule has 5 heteroatoms. The van der Waals surface area contributed by atoms with E-state index in [2.05, 4.69) is 9.88 Å². The van der Waals surface area contributed by atoms with Crippen LogP contribution in [-0.2, 0) is 0 Å². The van der Waals surface area contributed by atoms with Crippen molar-refractivity contribution in [1.29, 1.82) is 0 Å². The van der Waals surface area contributed by atoms with Gasteiger partial charge in [-0.2, -0.15) is 0 Å². The van der Waals surface area contributed by atoms with Gasteiger partial charge in [-0.15, -0.1) is 0 Å². The Labute approximate surface area is 100 Å². The van der Waals surface area contributed by atoms with Gasteiger partial charge in [-0.3, -0.25) is 4.39 Å². The predicted octanol–water partition coefficient (Wildman–Crippen LogP) is 1.21. The lowest BCUT2D eigenvalue weighted by atomic mass is 9.92. The maximum absolute atomic E-state index is 12.4. The molecular formula is C12H18FN3O. The zero-order valence-corrected chi connectivity index (χ0v) is 9.72. The Balaban J connectivity index is 2.04. The summed E-state index contributed by atoms with van der Waals surface area (Å²) in [6, 6.07) is 3.66. The van der Waals surface area contributed by atoms with E-state index in [9.17, 15) is 9.50 Å². The molecule has 17 heavy (non-hydrogen) atoms. The molecule has 0 bridgehead atoms. The van der Waals surface area contributed by atoms with Crippen LogP contribution < -0.4 is 10.6 Å². The average molecular weight is 239 g/mol. The van der Waals surface area contributed by atoms with Crippen LogP contribution in [0.3, 0.4) is 0 Å². The standard InChI is InChI=1S/C12H18FN3O/c13-5-3-9-8-16(6-4-11(9)17)12-2-1-10(14)7-15-12/h1-2,7,9,11,17H,3-6,8,14H2/t9-,11-/m1/s1. The summed E-state index contributed by atoms with van der Waals surface area (Å²) in [5.41, 5.74) is 6.21. The molecule has 1 aromatic rings. The number of pyridine rings is 1. The second-order valence-electron chi connectivity index (χ2n) is 4.49. The highest BCUT2D eigenvalue weighted by Gasteiger charge is 2.27. The lowest BCUT2D eigenvalue weighted by molar-refractivity contribution is 0.0792. The fourth-order valence-electron chi connectivity index (χ4n) is 2.24. The highest BCUT2D eigenvalue weighted by molar-refractivity contribution is 5.46. The summed E-state index contributed by atoms with van der Waals surface area (Å²) >= 11 is 0. The molecule has 1 saturated heterocycles. The molecule has 1 aliphatic heterocycles. The SMILES string of the molecule is Nc1ccc(N2CC[C@@H](O)[C@H](CCF)C2)nc1. The van der Waals surface area contributed by atoms with Crippen molar-refractivity contribution in [3.63, 3.8) is 0 Å². The second kappa shape index (κ2) is 5.31. The van der Waals surface area contributed by atoms with Gasteiger partial charge in [0.1, 0.15) is 5.82 Å². The summed E-state index contributed by atoms with van der Waals surface area (Å²) in [4.78, 5) is 6.32. The number of nitrogens with two attached hydrogens (primary N) is 1. The molecule has 3 N–H and O–H groups in total. The normalized spacial score (nSPS) is 24.9. The number of halogens is 1. The van der Waals surface area contributed by atoms with E-state index < -0.39 is 6.10 Å². The second-order valence-corrected chi connectivity index (χ2v) is 4.49. The minimum Gasteiger partial charge on any atom is -0.397 e. The first-order valence-electron chi connectivity index (χ1n) is 5.91. The maximum atomic E-state index is 12.4. The lowest BCUT2D eigenvalue weighted by Gasteiger charge is -2.36. The van der Waals surface area contributed by atoms with Crippen molar-refractivity contribution in [3.05, 3.63) is 18.3 Å². The molecule has 1 fully saturated rings. The van der Waals surface area contributed by atoms with Crippen LogP contribution in [0, 0.1) is 5.92 Å². The minimum absolute atomic E-state index is 0.00639. The number of aliphatic hydroxyl groups excluding tert-OH is 1. The van der Waals surface area contributed by atoms with Gasteiger partial charge in [0.2, 0.25) is 0 Å². The first-order valence-corrected chi connectivity index (χ1v) is 5.91. The number of nitrogen functional groups attached to an aromatic ring is 1. The van der Waals surface area contributed by atoms with Crippen molar-refractivity contribution < 1.29 is 9.50 Å². The van der Waals surface area contributed by atoms with Crippen LogP contribution in [0.25, 0.3) is 0 Å². The van der Waals surface area contributed by atoms with Crippen LogP contribution in [0.4, 0.5) is 15.9 Å². The van der Waals surface area contributed by atoms with Gasteiger partial charge in [0.25, 0.3) is 0 Å². The van der Waals surface area contributed by atoms with Crippen LogP contribution in [0.2, 0.25) is 0 Å². The summed E-state index contributed by atoms with van der Waals surface area (Å²) in [7, 11) is 0. The molecule has 0 amide bonds. The highest BCUT2D eigenvalue weighted by Crippen LogP contribution is 2.24. The Morgan fingerprint density at radius 3 is 3.00 bits per heavy atom. The lowest BCUT2D eigenvalue weighted by Crippen LogP contribution is -2.43. The van der Waals surface area contributed by atoms with E-state index >= 15 is 0 Å². The summed E-state index contributed by atoms with van der Waals surface area (Å²) in [5, 5.41) is 9.78. The number of piperidine rings is 1. The number of anilines is 2. The van der Waals surface area contributed by atoms with E-state index in [0.717, 1.165) is 12.4 Å². The van der Waals surface area contributed by atoms with E-state index in [-0.39, 0.29) is 12.6 Å². The predicted molar refractivity (Wildman–Crippen MR) is 65.6 cm³/mol. The van der Waals surface area contributed by atoms with Crippen LogP contribution in [0.5, 0.6) is 0 Å². The molecule has 1 aromatic heterocycles. The monoisotopic (exact) mass is 239 g/mol. The van der Waals surface area contributed by atoms with Crippen molar-refractivity contribution in [1.82, 2.24) is 4.98 Å². The third-order valence-electron chi connectivity index (χ3n) is 3.27. The van der Waals surface area contributed by atoms with Crippen LogP contribution in [-0.4, -0.2) is 36.0 Å². The molecule has 0 aliphatic carbocycles. The van der Waals surface area contributed by atoms with Gasteiger partial charge in [0.15, 0.2) is 0 Å². The zero-order chi connectivity index (χ0) is 12.3. The van der Waals surface area contributed by atoms with Crippen molar-refractivity contribution in [2.45, 2.75) is 18.9 Å². The Morgan fingerprint density at radius 2 is 2.35 bits per heavy atom. The Hall–Kier alpha value is -1.36. The zero-order valence-electron chi connectivity index (χ0n) is 9.72. The fraction of sp³-hybridized carbons (Fsp3) is 0.583. The van der Waals surface area contributed by atoms with E-state index in [1.807, 2.05) is 6.07 Å². The van der Waals surface area contributed by atoms with Gasteiger partial charge >= 0.3 is 0 Å². The van der Waals surface area contributed by atoms with Gasteiger partial charge in [-0.05, 0) is 25.0 Å². The van der Waals surface area contributed by atoms with Gasteiger partial charge in [-0.1, -0.05) is 0 Å². The van der Waals surface area contributed by atoms with Crippen molar-refractivity contribution in [2.75, 3.05) is 30.4 Å². The van der Waals surface area contributed by atoms with Crippen LogP contribution in [0.1, 0.15) is 12.8 Å². The number of hydrogen-bond acceptors (Lipinski definition) is 4. The highest BCUT2D eigenvalue weighted by atomic mass is 19.1. The smallest absolute Gasteiger partial charge is 0.128 e. The Bertz CT molecular complexity index is 357. The fourth-order valence-corrected chi connectivity index (χ4v) is 2.24. The minimum atomic E-state index is -0.393. The molecule has 94 valence electrons. The molecule has 4 nitrogen and oxygen atoms in total. The molecule has 2 rings (SSSR count). The summed E-state index contributed by atoms with van der Waals surface area (Å²) < 4.78 is 12.4. The molecule has 1 aliphatic rings. The first kappa shape index (κ1) is 12.1. The number of alkyl halides is 1. The maximum Gasteiger partial charge on any atom is 0.128 e. The van der Waals surface area contributed by atoms with Crippen LogP contribution >= 0.6 is 0 Å². The molecule has 0 aromatic carbocycles. The molecule has 0 radical (unpaired) electrons. The largest absolute Gasteiger partial charge is 0.397 e. The van der Waals surface area contributed by atoms with E-state index in [4.69, 9.17) is 5.73 Å². The van der Waals surface area contributed by atoms with Crippen molar-refractivity contribution in [3.8, 4) is 0 Å². The number of rotatable bonds is 3. The Kier molecular flexibility index (Phi) is 3.78. The first-order chi connectivity index (χ1) is 8.20. The van der Waals surface area contributed by atoms with Crippen LogP contribution in [0.15, 0.2) is 18.3 Å². The Morgan fingerprint density at radius 1 is 1.53 bits per heavy atom. The van der Waals surface area contributed by atoms with Gasteiger partial charge in [0, 0.05) is 19.0 Å². The van der Waals surface area contributed by atoms with E-state index in [1.165, 1.54) is 0 Å². The number of aromatic nitrogens is 1. The molecular weight excluding hydrogens is 221 g/mol. The average Bonchev–Trinajstić information content (AvgIpc) is 2.33. The third-order valence-corrected chi connectivity index (χ3v) is 3.27. The van der Waals surface area contributed by atoms with E-state index in [0.29, 0.717) is 25.1 Å². The van der Waals surface area contributed by atoms with Crippen molar-refractivity contribution in [2.24, 2.45) is 5.92 Å². The number of aliphatic hydroxyl groups is 1. The van der Waals surface area contributed by atoms with E-state index in [1.54, 1.807) is 12.3 Å². The third kappa shape index (κ3) is 2.85. The molecule has 2 heterocycles. The van der Waals surface area contributed by atoms with Gasteiger partial charge in [-0.25, -0.2) is 4.98 Å².